The third kappa shape index (κ3) is 7.17. The fourth-order valence-electron chi connectivity index (χ4n) is 2.66. The summed E-state index contributed by atoms with van der Waals surface area (Å²) >= 11 is 0. The summed E-state index contributed by atoms with van der Waals surface area (Å²) in [5.41, 5.74) is 0. The number of nitrogens with zero attached hydrogens (tertiary/aromatic N) is 2. The lowest BCUT2D eigenvalue weighted by Gasteiger charge is -2.34. The Bertz CT molecular complexity index is 849. The molecule has 2 rings (SSSR count). The van der Waals surface area contributed by atoms with Gasteiger partial charge in [0.15, 0.2) is 0 Å². The first-order valence-electron chi connectivity index (χ1n) is 8.50. The first-order chi connectivity index (χ1) is 12.6. The third-order valence-corrected chi connectivity index (χ3v) is 6.66. The number of carbonyl (C=O) groups is 1. The SMILES string of the molecule is CS(=O)(=O)CCN1CCN(C(=O)CCNS(=O)(=O)c2ccc(F)cc2)CC1. The number of sulfone groups is 1. The largest absolute Gasteiger partial charge is 0.340 e. The van der Waals surface area contributed by atoms with Gasteiger partial charge in [-0.1, -0.05) is 0 Å². The van der Waals surface area contributed by atoms with Gasteiger partial charge in [0, 0.05) is 51.9 Å². The number of hydrogen-bond donors (Lipinski definition) is 1. The van der Waals surface area contributed by atoms with Crippen molar-refractivity contribution < 1.29 is 26.0 Å². The molecule has 8 nitrogen and oxygen atoms in total. The second kappa shape index (κ2) is 9.09. The van der Waals surface area contributed by atoms with E-state index in [0.717, 1.165) is 24.3 Å². The number of amides is 1. The van der Waals surface area contributed by atoms with Gasteiger partial charge < -0.3 is 4.90 Å². The fourth-order valence-corrected chi connectivity index (χ4v) is 4.29. The molecule has 0 radical (unpaired) electrons. The van der Waals surface area contributed by atoms with Crippen LogP contribution in [-0.4, -0.2) is 83.8 Å². The number of nitrogens with one attached hydrogen (secondary N) is 1. The quantitative estimate of drug-likeness (QED) is 0.617. The highest BCUT2D eigenvalue weighted by Crippen LogP contribution is 2.10. The summed E-state index contributed by atoms with van der Waals surface area (Å²) in [6.07, 6.45) is 1.21. The van der Waals surface area contributed by atoms with Crippen LogP contribution in [-0.2, 0) is 24.7 Å². The predicted molar refractivity (Wildman–Crippen MR) is 98.9 cm³/mol. The minimum atomic E-state index is -3.79. The molecule has 1 heterocycles. The average molecular weight is 422 g/mol. The number of sulfonamides is 1. The van der Waals surface area contributed by atoms with Crippen molar-refractivity contribution in [2.24, 2.45) is 0 Å². The number of piperazine rings is 1. The van der Waals surface area contributed by atoms with E-state index in [1.54, 1.807) is 4.90 Å². The van der Waals surface area contributed by atoms with Gasteiger partial charge in [-0.25, -0.2) is 25.9 Å². The number of rotatable bonds is 8. The molecule has 0 aliphatic carbocycles. The molecule has 0 bridgehead atoms. The fraction of sp³-hybridized carbons (Fsp3) is 0.562. The molecule has 1 N–H and O–H groups in total. The van der Waals surface area contributed by atoms with Crippen LogP contribution in [0.2, 0.25) is 0 Å². The Labute approximate surface area is 159 Å². The van der Waals surface area contributed by atoms with Crippen molar-refractivity contribution in [1.29, 1.82) is 0 Å². The molecule has 1 aliphatic rings. The van der Waals surface area contributed by atoms with Crippen LogP contribution in [0, 0.1) is 5.82 Å². The van der Waals surface area contributed by atoms with Crippen LogP contribution in [0.4, 0.5) is 4.39 Å². The Hall–Kier alpha value is -1.56. The van der Waals surface area contributed by atoms with Gasteiger partial charge in [0.05, 0.1) is 10.6 Å². The molecule has 1 saturated heterocycles. The lowest BCUT2D eigenvalue weighted by Crippen LogP contribution is -2.50. The van der Waals surface area contributed by atoms with Crippen molar-refractivity contribution in [2.75, 3.05) is 51.3 Å². The van der Waals surface area contributed by atoms with Gasteiger partial charge in [0.1, 0.15) is 15.7 Å². The molecule has 1 aromatic rings. The zero-order chi connectivity index (χ0) is 20.1. The topological polar surface area (TPSA) is 104 Å². The second-order valence-corrected chi connectivity index (χ2v) is 10.5. The second-order valence-electron chi connectivity index (χ2n) is 6.45. The standard InChI is InChI=1S/C16H24FN3O5S2/c1-26(22,23)13-12-19-8-10-20(11-9-19)16(21)6-7-18-27(24,25)15-4-2-14(17)3-5-15/h2-5,18H,6-13H2,1H3. The van der Waals surface area contributed by atoms with Crippen LogP contribution in [0.5, 0.6) is 0 Å². The average Bonchev–Trinajstić information content (AvgIpc) is 2.60. The maximum Gasteiger partial charge on any atom is 0.240 e. The summed E-state index contributed by atoms with van der Waals surface area (Å²) in [6, 6.07) is 4.44. The van der Waals surface area contributed by atoms with Crippen molar-refractivity contribution in [3.8, 4) is 0 Å². The van der Waals surface area contributed by atoms with E-state index in [9.17, 15) is 26.0 Å². The highest BCUT2D eigenvalue weighted by atomic mass is 32.2. The summed E-state index contributed by atoms with van der Waals surface area (Å²) in [6.45, 7) is 2.52. The van der Waals surface area contributed by atoms with Crippen molar-refractivity contribution in [2.45, 2.75) is 11.3 Å². The van der Waals surface area contributed by atoms with Gasteiger partial charge in [0.2, 0.25) is 15.9 Å². The Balaban J connectivity index is 1.74. The van der Waals surface area contributed by atoms with Gasteiger partial charge in [-0.05, 0) is 24.3 Å². The lowest BCUT2D eigenvalue weighted by atomic mass is 10.3. The predicted octanol–water partition coefficient (Wildman–Crippen LogP) is -0.317. The monoisotopic (exact) mass is 421 g/mol. The number of halogens is 1. The van der Waals surface area contributed by atoms with Crippen LogP contribution < -0.4 is 4.72 Å². The summed E-state index contributed by atoms with van der Waals surface area (Å²) in [5, 5.41) is 0. The van der Waals surface area contributed by atoms with Crippen molar-refractivity contribution in [3.05, 3.63) is 30.1 Å². The van der Waals surface area contributed by atoms with Crippen molar-refractivity contribution in [3.63, 3.8) is 0 Å². The normalized spacial score (nSPS) is 16.4. The zero-order valence-electron chi connectivity index (χ0n) is 15.1. The summed E-state index contributed by atoms with van der Waals surface area (Å²) in [4.78, 5) is 15.8. The maximum atomic E-state index is 12.9. The van der Waals surface area contributed by atoms with E-state index in [1.165, 1.54) is 6.26 Å². The molecule has 1 fully saturated rings. The first-order valence-corrected chi connectivity index (χ1v) is 12.0. The third-order valence-electron chi connectivity index (χ3n) is 4.26. The summed E-state index contributed by atoms with van der Waals surface area (Å²) in [7, 11) is -6.80. The molecular formula is C16H24FN3O5S2. The maximum absolute atomic E-state index is 12.9. The smallest absolute Gasteiger partial charge is 0.240 e. The van der Waals surface area contributed by atoms with Crippen LogP contribution in [0.1, 0.15) is 6.42 Å². The molecule has 27 heavy (non-hydrogen) atoms. The first kappa shape index (κ1) is 21.7. The summed E-state index contributed by atoms with van der Waals surface area (Å²) in [5.74, 6) is -0.606. The van der Waals surface area contributed by atoms with E-state index >= 15 is 0 Å². The Morgan fingerprint density at radius 3 is 2.22 bits per heavy atom. The van der Waals surface area contributed by atoms with Crippen LogP contribution in [0.15, 0.2) is 29.2 Å². The molecule has 1 aromatic carbocycles. The Kier molecular flexibility index (Phi) is 7.32. The molecule has 0 aromatic heterocycles. The molecule has 11 heteroatoms. The van der Waals surface area contributed by atoms with E-state index < -0.39 is 25.7 Å². The minimum Gasteiger partial charge on any atom is -0.340 e. The highest BCUT2D eigenvalue weighted by molar-refractivity contribution is 7.90. The minimum absolute atomic E-state index is 0.0176. The van der Waals surface area contributed by atoms with Crippen LogP contribution in [0.3, 0.4) is 0 Å². The van der Waals surface area contributed by atoms with Gasteiger partial charge in [0.25, 0.3) is 0 Å². The van der Waals surface area contributed by atoms with E-state index in [1.807, 2.05) is 4.90 Å². The molecule has 152 valence electrons. The molecular weight excluding hydrogens is 397 g/mol. The Morgan fingerprint density at radius 2 is 1.67 bits per heavy atom. The van der Waals surface area contributed by atoms with Crippen LogP contribution in [0.25, 0.3) is 0 Å². The van der Waals surface area contributed by atoms with E-state index in [2.05, 4.69) is 4.72 Å². The summed E-state index contributed by atoms with van der Waals surface area (Å²) < 4.78 is 61.8. The van der Waals surface area contributed by atoms with Gasteiger partial charge in [-0.3, -0.25) is 9.69 Å². The molecule has 0 saturated carbocycles. The van der Waals surface area contributed by atoms with Crippen LogP contribution >= 0.6 is 0 Å². The molecule has 0 unspecified atom stereocenters. The lowest BCUT2D eigenvalue weighted by molar-refractivity contribution is -0.132. The van der Waals surface area contributed by atoms with Gasteiger partial charge in [-0.15, -0.1) is 0 Å². The van der Waals surface area contributed by atoms with Crippen molar-refractivity contribution in [1.82, 2.24) is 14.5 Å². The zero-order valence-corrected chi connectivity index (χ0v) is 16.7. The molecule has 0 spiro atoms. The van der Waals surface area contributed by atoms with Gasteiger partial charge in [-0.2, -0.15) is 0 Å². The van der Waals surface area contributed by atoms with E-state index in [0.29, 0.717) is 32.7 Å². The van der Waals surface area contributed by atoms with E-state index in [-0.39, 0.29) is 29.5 Å². The number of benzene rings is 1. The number of carbonyl (C=O) groups excluding carboxylic acids is 1. The molecule has 1 amide bonds. The molecule has 1 aliphatic heterocycles. The molecule has 0 atom stereocenters. The highest BCUT2D eigenvalue weighted by Gasteiger charge is 2.22. The van der Waals surface area contributed by atoms with Gasteiger partial charge >= 0.3 is 0 Å². The Morgan fingerprint density at radius 1 is 1.07 bits per heavy atom. The number of hydrogen-bond acceptors (Lipinski definition) is 6. The van der Waals surface area contributed by atoms with E-state index in [4.69, 9.17) is 0 Å². The van der Waals surface area contributed by atoms with Crippen molar-refractivity contribution >= 4 is 25.8 Å².